The minimum atomic E-state index is -3.90. The van der Waals surface area contributed by atoms with Gasteiger partial charge in [0.05, 0.1) is 17.1 Å². The SMILES string of the molecule is CC(C)(C)c1ccccc1OCCNC(=O)CN(c1ccccc1)S(=O)(=O)c1ccccc1. The summed E-state index contributed by atoms with van der Waals surface area (Å²) >= 11 is 0. The summed E-state index contributed by atoms with van der Waals surface area (Å²) in [6, 6.07) is 24.5. The van der Waals surface area contributed by atoms with Gasteiger partial charge in [-0.05, 0) is 41.3 Å². The third kappa shape index (κ3) is 6.35. The van der Waals surface area contributed by atoms with Crippen LogP contribution in [0.15, 0.2) is 89.8 Å². The minimum absolute atomic E-state index is 0.0676. The van der Waals surface area contributed by atoms with Crippen LogP contribution in [-0.2, 0) is 20.2 Å². The molecule has 0 heterocycles. The molecule has 6 nitrogen and oxygen atoms in total. The number of sulfonamides is 1. The Morgan fingerprint density at radius 2 is 1.45 bits per heavy atom. The van der Waals surface area contributed by atoms with E-state index in [1.807, 2.05) is 24.3 Å². The van der Waals surface area contributed by atoms with E-state index in [4.69, 9.17) is 4.74 Å². The van der Waals surface area contributed by atoms with Crippen molar-refractivity contribution in [2.24, 2.45) is 0 Å². The Kier molecular flexibility index (Phi) is 7.76. The van der Waals surface area contributed by atoms with E-state index >= 15 is 0 Å². The van der Waals surface area contributed by atoms with Crippen molar-refractivity contribution >= 4 is 21.6 Å². The van der Waals surface area contributed by atoms with Gasteiger partial charge in [0.25, 0.3) is 10.0 Å². The van der Waals surface area contributed by atoms with E-state index in [9.17, 15) is 13.2 Å². The lowest BCUT2D eigenvalue weighted by Crippen LogP contribution is -2.41. The lowest BCUT2D eigenvalue weighted by molar-refractivity contribution is -0.119. The van der Waals surface area contributed by atoms with Gasteiger partial charge in [-0.2, -0.15) is 0 Å². The second-order valence-electron chi connectivity index (χ2n) is 8.60. The number of nitrogens with zero attached hydrogens (tertiary/aromatic N) is 1. The van der Waals surface area contributed by atoms with E-state index in [0.717, 1.165) is 15.6 Å². The molecule has 1 amide bonds. The molecule has 0 atom stereocenters. The van der Waals surface area contributed by atoms with Crippen molar-refractivity contribution in [3.8, 4) is 5.75 Å². The van der Waals surface area contributed by atoms with Gasteiger partial charge in [0.1, 0.15) is 18.9 Å². The first-order valence-corrected chi connectivity index (χ1v) is 12.3. The van der Waals surface area contributed by atoms with Crippen LogP contribution in [0.25, 0.3) is 0 Å². The zero-order chi connectivity index (χ0) is 23.9. The Balaban J connectivity index is 1.66. The van der Waals surface area contributed by atoms with Gasteiger partial charge in [0, 0.05) is 0 Å². The zero-order valence-corrected chi connectivity index (χ0v) is 20.0. The average Bonchev–Trinajstić information content (AvgIpc) is 2.81. The zero-order valence-electron chi connectivity index (χ0n) is 19.2. The fourth-order valence-corrected chi connectivity index (χ4v) is 4.82. The second-order valence-corrected chi connectivity index (χ2v) is 10.5. The third-order valence-corrected chi connectivity index (χ3v) is 6.83. The molecule has 0 bridgehead atoms. The largest absolute Gasteiger partial charge is 0.491 e. The third-order valence-electron chi connectivity index (χ3n) is 5.04. The molecule has 0 aliphatic carbocycles. The molecule has 0 aliphatic rings. The minimum Gasteiger partial charge on any atom is -0.491 e. The molecule has 174 valence electrons. The highest BCUT2D eigenvalue weighted by Crippen LogP contribution is 2.30. The standard InChI is InChI=1S/C26H30N2O4S/c1-26(2,3)23-16-10-11-17-24(23)32-19-18-27-25(29)20-28(21-12-6-4-7-13-21)33(30,31)22-14-8-5-9-15-22/h4-17H,18-20H2,1-3H3,(H,27,29). The van der Waals surface area contributed by atoms with Crippen LogP contribution in [-0.4, -0.2) is 34.0 Å². The maximum Gasteiger partial charge on any atom is 0.264 e. The molecular formula is C26H30N2O4S. The number of nitrogens with one attached hydrogen (secondary N) is 1. The molecule has 0 fully saturated rings. The number of hydrogen-bond acceptors (Lipinski definition) is 4. The summed E-state index contributed by atoms with van der Waals surface area (Å²) < 4.78 is 33.5. The Labute approximate surface area is 196 Å². The molecule has 0 spiro atoms. The molecule has 33 heavy (non-hydrogen) atoms. The summed E-state index contributed by atoms with van der Waals surface area (Å²) in [5, 5.41) is 2.76. The van der Waals surface area contributed by atoms with E-state index < -0.39 is 15.9 Å². The Hall–Kier alpha value is -3.32. The molecule has 0 unspecified atom stereocenters. The molecule has 0 aliphatic heterocycles. The van der Waals surface area contributed by atoms with Crippen molar-refractivity contribution in [2.45, 2.75) is 31.1 Å². The maximum absolute atomic E-state index is 13.2. The number of benzene rings is 3. The number of carbonyl (C=O) groups is 1. The molecule has 3 aromatic rings. The first-order chi connectivity index (χ1) is 15.7. The van der Waals surface area contributed by atoms with Gasteiger partial charge >= 0.3 is 0 Å². The monoisotopic (exact) mass is 466 g/mol. The van der Waals surface area contributed by atoms with Gasteiger partial charge in [-0.25, -0.2) is 8.42 Å². The van der Waals surface area contributed by atoms with Crippen LogP contribution < -0.4 is 14.4 Å². The maximum atomic E-state index is 13.2. The second kappa shape index (κ2) is 10.5. The first kappa shape index (κ1) is 24.3. The smallest absolute Gasteiger partial charge is 0.264 e. The molecule has 1 N–H and O–H groups in total. The summed E-state index contributed by atoms with van der Waals surface area (Å²) in [6.45, 7) is 6.54. The Bertz CT molecular complexity index is 1160. The van der Waals surface area contributed by atoms with E-state index in [1.165, 1.54) is 12.1 Å². The fourth-order valence-electron chi connectivity index (χ4n) is 3.38. The van der Waals surface area contributed by atoms with E-state index in [-0.39, 0.29) is 30.0 Å². The average molecular weight is 467 g/mol. The van der Waals surface area contributed by atoms with Gasteiger partial charge in [-0.1, -0.05) is 75.4 Å². The highest BCUT2D eigenvalue weighted by molar-refractivity contribution is 7.92. The van der Waals surface area contributed by atoms with E-state index in [1.54, 1.807) is 48.5 Å². The Morgan fingerprint density at radius 1 is 0.879 bits per heavy atom. The molecule has 0 radical (unpaired) electrons. The normalized spacial score (nSPS) is 11.6. The number of rotatable bonds is 9. The Morgan fingerprint density at radius 3 is 2.09 bits per heavy atom. The quantitative estimate of drug-likeness (QED) is 0.475. The summed E-state index contributed by atoms with van der Waals surface area (Å²) in [6.07, 6.45) is 0. The number of ether oxygens (including phenoxy) is 1. The highest BCUT2D eigenvalue weighted by atomic mass is 32.2. The van der Waals surface area contributed by atoms with Crippen LogP contribution in [0.5, 0.6) is 5.75 Å². The topological polar surface area (TPSA) is 75.7 Å². The lowest BCUT2D eigenvalue weighted by Gasteiger charge is -2.24. The number of amides is 1. The van der Waals surface area contributed by atoms with Gasteiger partial charge < -0.3 is 10.1 Å². The van der Waals surface area contributed by atoms with Crippen LogP contribution in [0.2, 0.25) is 0 Å². The predicted octanol–water partition coefficient (Wildman–Crippen LogP) is 4.37. The molecule has 7 heteroatoms. The van der Waals surface area contributed by atoms with Crippen LogP contribution in [0, 0.1) is 0 Å². The van der Waals surface area contributed by atoms with Crippen molar-refractivity contribution in [2.75, 3.05) is 24.0 Å². The van der Waals surface area contributed by atoms with Gasteiger partial charge in [-0.3, -0.25) is 9.10 Å². The van der Waals surface area contributed by atoms with Crippen LogP contribution in [0.4, 0.5) is 5.69 Å². The number of carbonyl (C=O) groups excluding carboxylic acids is 1. The lowest BCUT2D eigenvalue weighted by atomic mass is 9.86. The van der Waals surface area contributed by atoms with Crippen molar-refractivity contribution in [1.29, 1.82) is 0 Å². The summed E-state index contributed by atoms with van der Waals surface area (Å²) in [5.41, 5.74) is 1.44. The van der Waals surface area contributed by atoms with Crippen molar-refractivity contribution in [1.82, 2.24) is 5.32 Å². The summed E-state index contributed by atoms with van der Waals surface area (Å²) in [7, 11) is -3.90. The molecule has 0 aromatic heterocycles. The van der Waals surface area contributed by atoms with Crippen LogP contribution in [0.1, 0.15) is 26.3 Å². The van der Waals surface area contributed by atoms with Crippen LogP contribution in [0.3, 0.4) is 0 Å². The molecular weight excluding hydrogens is 436 g/mol. The number of para-hydroxylation sites is 2. The fraction of sp³-hybridized carbons (Fsp3) is 0.269. The predicted molar refractivity (Wildman–Crippen MR) is 131 cm³/mol. The van der Waals surface area contributed by atoms with Gasteiger partial charge in [0.2, 0.25) is 5.91 Å². The molecule has 3 rings (SSSR count). The summed E-state index contributed by atoms with van der Waals surface area (Å²) in [4.78, 5) is 12.8. The van der Waals surface area contributed by atoms with Crippen molar-refractivity contribution in [3.05, 3.63) is 90.5 Å². The molecule has 0 saturated carbocycles. The van der Waals surface area contributed by atoms with Gasteiger partial charge in [-0.15, -0.1) is 0 Å². The highest BCUT2D eigenvalue weighted by Gasteiger charge is 2.27. The summed E-state index contributed by atoms with van der Waals surface area (Å²) in [5.74, 6) is 0.364. The van der Waals surface area contributed by atoms with E-state index in [0.29, 0.717) is 5.69 Å². The molecule has 0 saturated heterocycles. The van der Waals surface area contributed by atoms with Crippen molar-refractivity contribution in [3.63, 3.8) is 0 Å². The number of hydrogen-bond donors (Lipinski definition) is 1. The van der Waals surface area contributed by atoms with Gasteiger partial charge in [0.15, 0.2) is 0 Å². The van der Waals surface area contributed by atoms with E-state index in [2.05, 4.69) is 26.1 Å². The first-order valence-electron chi connectivity index (χ1n) is 10.8. The van der Waals surface area contributed by atoms with Crippen molar-refractivity contribution < 1.29 is 17.9 Å². The van der Waals surface area contributed by atoms with Crippen LogP contribution >= 0.6 is 0 Å². The molecule has 3 aromatic carbocycles. The number of anilines is 1.